The third-order valence-corrected chi connectivity index (χ3v) is 4.69. The smallest absolute Gasteiger partial charge is 0.0624 e. The molecule has 1 aromatic carbocycles. The van der Waals surface area contributed by atoms with Gasteiger partial charge in [-0.25, -0.2) is 0 Å². The third-order valence-electron chi connectivity index (χ3n) is 4.69. The van der Waals surface area contributed by atoms with Gasteiger partial charge in [-0.3, -0.25) is 4.68 Å². The van der Waals surface area contributed by atoms with Crippen LogP contribution in [0.5, 0.6) is 0 Å². The molecule has 0 spiro atoms. The van der Waals surface area contributed by atoms with Crippen LogP contribution in [0.2, 0.25) is 0 Å². The van der Waals surface area contributed by atoms with Crippen molar-refractivity contribution in [2.45, 2.75) is 45.6 Å². The van der Waals surface area contributed by atoms with Crippen molar-refractivity contribution in [1.82, 2.24) is 15.1 Å². The van der Waals surface area contributed by atoms with Gasteiger partial charge in [0.05, 0.1) is 5.69 Å². The standard InChI is InChI=1S/C18H25N3/c1-4-16-10-17(21(5-2)20-16)11-18(12-19-13-18)15-8-6-14(3)7-9-15/h6-10,19H,4-5,11-13H2,1-3H3. The van der Waals surface area contributed by atoms with Crippen LogP contribution in [-0.4, -0.2) is 22.9 Å². The van der Waals surface area contributed by atoms with Crippen molar-refractivity contribution in [2.75, 3.05) is 13.1 Å². The molecule has 3 nitrogen and oxygen atoms in total. The third kappa shape index (κ3) is 2.62. The Morgan fingerprint density at radius 3 is 2.43 bits per heavy atom. The predicted molar refractivity (Wildman–Crippen MR) is 86.7 cm³/mol. The number of hydrogen-bond acceptors (Lipinski definition) is 2. The molecule has 0 atom stereocenters. The molecule has 1 aromatic heterocycles. The van der Waals surface area contributed by atoms with E-state index < -0.39 is 0 Å². The molecule has 0 amide bonds. The molecule has 1 aliphatic heterocycles. The van der Waals surface area contributed by atoms with Gasteiger partial charge in [0.15, 0.2) is 0 Å². The van der Waals surface area contributed by atoms with Crippen LogP contribution in [0.15, 0.2) is 30.3 Å². The fourth-order valence-corrected chi connectivity index (χ4v) is 3.22. The average molecular weight is 283 g/mol. The maximum Gasteiger partial charge on any atom is 0.0624 e. The van der Waals surface area contributed by atoms with Gasteiger partial charge in [-0.2, -0.15) is 5.10 Å². The number of hydrogen-bond donors (Lipinski definition) is 1. The van der Waals surface area contributed by atoms with E-state index in [-0.39, 0.29) is 5.41 Å². The van der Waals surface area contributed by atoms with Gasteiger partial charge < -0.3 is 5.32 Å². The van der Waals surface area contributed by atoms with Gasteiger partial charge in [0.1, 0.15) is 0 Å². The number of rotatable bonds is 5. The van der Waals surface area contributed by atoms with E-state index in [1.54, 1.807) is 0 Å². The largest absolute Gasteiger partial charge is 0.315 e. The number of aromatic nitrogens is 2. The summed E-state index contributed by atoms with van der Waals surface area (Å²) >= 11 is 0. The van der Waals surface area contributed by atoms with Gasteiger partial charge in [-0.05, 0) is 31.9 Å². The fourth-order valence-electron chi connectivity index (χ4n) is 3.22. The lowest BCUT2D eigenvalue weighted by atomic mass is 9.71. The number of nitrogens with one attached hydrogen (secondary N) is 1. The van der Waals surface area contributed by atoms with Gasteiger partial charge in [-0.1, -0.05) is 36.8 Å². The highest BCUT2D eigenvalue weighted by Crippen LogP contribution is 2.33. The van der Waals surface area contributed by atoms with Crippen LogP contribution < -0.4 is 5.32 Å². The number of benzene rings is 1. The molecule has 1 fully saturated rings. The first-order chi connectivity index (χ1) is 10.2. The molecule has 3 rings (SSSR count). The lowest BCUT2D eigenvalue weighted by Crippen LogP contribution is -2.58. The van der Waals surface area contributed by atoms with Gasteiger partial charge in [-0.15, -0.1) is 0 Å². The van der Waals surface area contributed by atoms with Crippen LogP contribution >= 0.6 is 0 Å². The van der Waals surface area contributed by atoms with Crippen LogP contribution in [0.1, 0.15) is 36.4 Å². The van der Waals surface area contributed by atoms with E-state index in [4.69, 9.17) is 5.10 Å². The van der Waals surface area contributed by atoms with Gasteiger partial charge in [0.25, 0.3) is 0 Å². The highest BCUT2D eigenvalue weighted by Gasteiger charge is 2.39. The topological polar surface area (TPSA) is 29.9 Å². The second-order valence-corrected chi connectivity index (χ2v) is 6.22. The van der Waals surface area contributed by atoms with E-state index in [9.17, 15) is 0 Å². The normalized spacial score (nSPS) is 16.7. The van der Waals surface area contributed by atoms with Crippen LogP contribution in [0.4, 0.5) is 0 Å². The van der Waals surface area contributed by atoms with Crippen LogP contribution in [-0.2, 0) is 24.8 Å². The Labute approximate surface area is 127 Å². The Morgan fingerprint density at radius 1 is 1.19 bits per heavy atom. The van der Waals surface area contributed by atoms with E-state index in [0.29, 0.717) is 0 Å². The van der Waals surface area contributed by atoms with Crippen LogP contribution in [0.3, 0.4) is 0 Å². The van der Waals surface area contributed by atoms with Crippen molar-refractivity contribution < 1.29 is 0 Å². The Kier molecular flexibility index (Phi) is 3.85. The highest BCUT2D eigenvalue weighted by atomic mass is 15.3. The minimum Gasteiger partial charge on any atom is -0.315 e. The van der Waals surface area contributed by atoms with Crippen molar-refractivity contribution >= 4 is 0 Å². The summed E-state index contributed by atoms with van der Waals surface area (Å²) in [6.45, 7) is 9.57. The van der Waals surface area contributed by atoms with E-state index in [1.165, 1.54) is 22.5 Å². The summed E-state index contributed by atoms with van der Waals surface area (Å²) in [7, 11) is 0. The second kappa shape index (κ2) is 5.64. The highest BCUT2D eigenvalue weighted by molar-refractivity contribution is 5.34. The summed E-state index contributed by atoms with van der Waals surface area (Å²) in [6.07, 6.45) is 2.08. The van der Waals surface area contributed by atoms with E-state index in [0.717, 1.165) is 32.5 Å². The summed E-state index contributed by atoms with van der Waals surface area (Å²) in [5, 5.41) is 8.16. The van der Waals surface area contributed by atoms with E-state index in [2.05, 4.69) is 61.1 Å². The number of aryl methyl sites for hydroxylation is 3. The van der Waals surface area contributed by atoms with E-state index in [1.807, 2.05) is 0 Å². The Balaban J connectivity index is 1.90. The Hall–Kier alpha value is -1.61. The summed E-state index contributed by atoms with van der Waals surface area (Å²) in [5.41, 5.74) is 5.60. The van der Waals surface area contributed by atoms with E-state index >= 15 is 0 Å². The molecule has 2 heterocycles. The zero-order valence-electron chi connectivity index (χ0n) is 13.3. The van der Waals surface area contributed by atoms with Gasteiger partial charge >= 0.3 is 0 Å². The maximum absolute atomic E-state index is 4.69. The van der Waals surface area contributed by atoms with Crippen molar-refractivity contribution in [3.8, 4) is 0 Å². The molecular weight excluding hydrogens is 258 g/mol. The quantitative estimate of drug-likeness (QED) is 0.914. The summed E-state index contributed by atoms with van der Waals surface area (Å²) in [4.78, 5) is 0. The molecule has 112 valence electrons. The van der Waals surface area contributed by atoms with Crippen LogP contribution in [0, 0.1) is 6.92 Å². The molecular formula is C18H25N3. The first-order valence-corrected chi connectivity index (χ1v) is 8.00. The molecule has 1 aliphatic rings. The summed E-state index contributed by atoms with van der Waals surface area (Å²) in [6, 6.07) is 11.3. The first-order valence-electron chi connectivity index (χ1n) is 8.00. The lowest BCUT2D eigenvalue weighted by molar-refractivity contribution is 0.269. The molecule has 0 unspecified atom stereocenters. The molecule has 0 aliphatic carbocycles. The van der Waals surface area contributed by atoms with Crippen molar-refractivity contribution in [1.29, 1.82) is 0 Å². The summed E-state index contributed by atoms with van der Waals surface area (Å²) < 4.78 is 2.17. The monoisotopic (exact) mass is 283 g/mol. The molecule has 1 saturated heterocycles. The molecule has 3 heteroatoms. The Bertz CT molecular complexity index is 606. The minimum absolute atomic E-state index is 0.242. The second-order valence-electron chi connectivity index (χ2n) is 6.22. The molecule has 1 N–H and O–H groups in total. The molecule has 21 heavy (non-hydrogen) atoms. The van der Waals surface area contributed by atoms with Crippen molar-refractivity contribution in [3.63, 3.8) is 0 Å². The first kappa shape index (κ1) is 14.3. The van der Waals surface area contributed by atoms with Crippen LogP contribution in [0.25, 0.3) is 0 Å². The molecule has 0 saturated carbocycles. The Morgan fingerprint density at radius 2 is 1.90 bits per heavy atom. The van der Waals surface area contributed by atoms with Crippen molar-refractivity contribution in [2.24, 2.45) is 0 Å². The van der Waals surface area contributed by atoms with Crippen molar-refractivity contribution in [3.05, 3.63) is 52.8 Å². The fraction of sp³-hybridized carbons (Fsp3) is 0.500. The SMILES string of the molecule is CCc1cc(CC2(c3ccc(C)cc3)CNC2)n(CC)n1. The zero-order valence-corrected chi connectivity index (χ0v) is 13.3. The van der Waals surface area contributed by atoms with Gasteiger partial charge in [0, 0.05) is 37.2 Å². The summed E-state index contributed by atoms with van der Waals surface area (Å²) in [5.74, 6) is 0. The zero-order chi connectivity index (χ0) is 14.9. The lowest BCUT2D eigenvalue weighted by Gasteiger charge is -2.43. The predicted octanol–water partition coefficient (Wildman–Crippen LogP) is 2.86. The molecule has 2 aromatic rings. The maximum atomic E-state index is 4.69. The average Bonchev–Trinajstić information content (AvgIpc) is 2.86. The van der Waals surface area contributed by atoms with Gasteiger partial charge in [0.2, 0.25) is 0 Å². The molecule has 0 radical (unpaired) electrons. The minimum atomic E-state index is 0.242. The number of nitrogens with zero attached hydrogens (tertiary/aromatic N) is 2. The molecule has 0 bridgehead atoms.